The lowest BCUT2D eigenvalue weighted by atomic mass is 9.81. The minimum absolute atomic E-state index is 0.170. The Kier molecular flexibility index (Phi) is 5.06. The van der Waals surface area contributed by atoms with E-state index >= 15 is 0 Å². The fraction of sp³-hybridized carbons (Fsp3) is 1.00. The van der Waals surface area contributed by atoms with E-state index in [1.807, 2.05) is 0 Å². The summed E-state index contributed by atoms with van der Waals surface area (Å²) in [6.45, 7) is 1.61. The first-order chi connectivity index (χ1) is 6.97. The molecule has 1 fully saturated rings. The Hall–Kier alpha value is 0.390. The molecule has 0 aromatic heterocycles. The molecule has 1 aliphatic heterocycles. The smallest absolute Gasteiger partial charge is 0.147 e. The van der Waals surface area contributed by atoms with Gasteiger partial charge in [0.2, 0.25) is 0 Å². The van der Waals surface area contributed by atoms with Gasteiger partial charge < -0.3 is 4.74 Å². The van der Waals surface area contributed by atoms with Crippen LogP contribution in [0.1, 0.15) is 25.7 Å². The molecule has 1 heterocycles. The van der Waals surface area contributed by atoms with Gasteiger partial charge in [-0.1, -0.05) is 15.9 Å². The molecule has 5 heteroatoms. The van der Waals surface area contributed by atoms with Gasteiger partial charge in [-0.05, 0) is 25.7 Å². The lowest BCUT2D eigenvalue weighted by Crippen LogP contribution is -2.33. The maximum absolute atomic E-state index is 11.0. The molecule has 0 amide bonds. The highest BCUT2D eigenvalue weighted by Gasteiger charge is 2.31. The quantitative estimate of drug-likeness (QED) is 0.729. The van der Waals surface area contributed by atoms with Crippen LogP contribution in [0.2, 0.25) is 0 Å². The summed E-state index contributed by atoms with van der Waals surface area (Å²) in [7, 11) is -2.82. The zero-order valence-corrected chi connectivity index (χ0v) is 11.6. The van der Waals surface area contributed by atoms with Crippen LogP contribution in [-0.4, -0.2) is 39.0 Å². The van der Waals surface area contributed by atoms with Gasteiger partial charge in [0.05, 0.1) is 6.61 Å². The van der Waals surface area contributed by atoms with Gasteiger partial charge in [0.25, 0.3) is 0 Å². The van der Waals surface area contributed by atoms with Crippen molar-refractivity contribution in [2.45, 2.75) is 25.7 Å². The minimum atomic E-state index is -2.82. The van der Waals surface area contributed by atoms with E-state index < -0.39 is 9.84 Å². The van der Waals surface area contributed by atoms with Crippen LogP contribution in [0.3, 0.4) is 0 Å². The normalized spacial score (nSPS) is 27.9. The summed E-state index contributed by atoms with van der Waals surface area (Å²) in [5.74, 6) is 0.293. The maximum Gasteiger partial charge on any atom is 0.147 e. The predicted molar refractivity (Wildman–Crippen MR) is 65.2 cm³/mol. The van der Waals surface area contributed by atoms with E-state index in [1.54, 1.807) is 0 Å². The number of hydrogen-bond acceptors (Lipinski definition) is 3. The average Bonchev–Trinajstić information content (AvgIpc) is 2.17. The molecule has 0 aromatic carbocycles. The third-order valence-electron chi connectivity index (χ3n) is 2.91. The number of halogens is 1. The van der Waals surface area contributed by atoms with Crippen LogP contribution in [0.5, 0.6) is 0 Å². The Morgan fingerprint density at radius 1 is 1.47 bits per heavy atom. The molecule has 1 aliphatic rings. The van der Waals surface area contributed by atoms with Crippen molar-refractivity contribution in [1.82, 2.24) is 0 Å². The Balaban J connectivity index is 2.39. The largest absolute Gasteiger partial charge is 0.381 e. The van der Waals surface area contributed by atoms with Crippen molar-refractivity contribution in [3.05, 3.63) is 0 Å². The number of ether oxygens (including phenoxy) is 1. The topological polar surface area (TPSA) is 43.4 Å². The number of rotatable bonds is 5. The summed E-state index contributed by atoms with van der Waals surface area (Å²) in [4.78, 5) is 0. The van der Waals surface area contributed by atoms with E-state index in [-0.39, 0.29) is 5.41 Å². The van der Waals surface area contributed by atoms with E-state index in [2.05, 4.69) is 15.9 Å². The van der Waals surface area contributed by atoms with Crippen molar-refractivity contribution in [1.29, 1.82) is 0 Å². The Labute approximate surface area is 101 Å². The van der Waals surface area contributed by atoms with Gasteiger partial charge in [0, 0.05) is 29.4 Å². The first-order valence-corrected chi connectivity index (χ1v) is 8.47. The molecule has 1 saturated heterocycles. The molecule has 3 nitrogen and oxygen atoms in total. The fourth-order valence-corrected chi connectivity index (χ4v) is 3.38. The Bertz CT molecular complexity index is 281. The predicted octanol–water partition coefficient (Wildman–Crippen LogP) is 2.00. The highest BCUT2D eigenvalue weighted by Crippen LogP contribution is 2.35. The van der Waals surface area contributed by atoms with E-state index in [1.165, 1.54) is 6.26 Å². The van der Waals surface area contributed by atoms with Crippen LogP contribution in [-0.2, 0) is 14.6 Å². The zero-order chi connectivity index (χ0) is 11.4. The molecule has 90 valence electrons. The fourth-order valence-electron chi connectivity index (χ4n) is 1.99. The molecular formula is C10H19BrO3S. The summed E-state index contributed by atoms with van der Waals surface area (Å²) in [6, 6.07) is 0. The number of sulfone groups is 1. The van der Waals surface area contributed by atoms with Crippen LogP contribution in [0.25, 0.3) is 0 Å². The Morgan fingerprint density at radius 2 is 2.20 bits per heavy atom. The standard InChI is InChI=1S/C10H19BrO3S/c1-15(12,13)7-3-5-10(8-11)4-2-6-14-9-10/h2-9H2,1H3. The third kappa shape index (κ3) is 4.83. The second-order valence-corrected chi connectivity index (χ2v) is 7.34. The van der Waals surface area contributed by atoms with E-state index in [0.29, 0.717) is 5.75 Å². The van der Waals surface area contributed by atoms with Gasteiger partial charge in [-0.3, -0.25) is 0 Å². The second-order valence-electron chi connectivity index (χ2n) is 4.52. The molecule has 1 unspecified atom stereocenters. The first kappa shape index (κ1) is 13.5. The molecule has 0 bridgehead atoms. The molecule has 0 saturated carbocycles. The van der Waals surface area contributed by atoms with Crippen LogP contribution in [0.4, 0.5) is 0 Å². The van der Waals surface area contributed by atoms with Gasteiger partial charge in [-0.2, -0.15) is 0 Å². The monoisotopic (exact) mass is 298 g/mol. The summed E-state index contributed by atoms with van der Waals surface area (Å²) >= 11 is 3.52. The summed E-state index contributed by atoms with van der Waals surface area (Å²) in [5, 5.41) is 0.907. The highest BCUT2D eigenvalue weighted by molar-refractivity contribution is 9.09. The van der Waals surface area contributed by atoms with Gasteiger partial charge in [0.1, 0.15) is 9.84 Å². The van der Waals surface area contributed by atoms with Crippen LogP contribution < -0.4 is 0 Å². The summed E-state index contributed by atoms with van der Waals surface area (Å²) in [5.41, 5.74) is 0.170. The molecule has 0 N–H and O–H groups in total. The second kappa shape index (κ2) is 5.64. The van der Waals surface area contributed by atoms with Crippen molar-refractivity contribution in [3.8, 4) is 0 Å². The molecular weight excluding hydrogens is 280 g/mol. The van der Waals surface area contributed by atoms with E-state index in [4.69, 9.17) is 4.74 Å². The molecule has 0 aliphatic carbocycles. The van der Waals surface area contributed by atoms with Crippen molar-refractivity contribution in [2.24, 2.45) is 5.41 Å². The van der Waals surface area contributed by atoms with Crippen LogP contribution in [0.15, 0.2) is 0 Å². The SMILES string of the molecule is CS(=O)(=O)CCCC1(CBr)CCCOC1. The lowest BCUT2D eigenvalue weighted by Gasteiger charge is -2.35. The van der Waals surface area contributed by atoms with Gasteiger partial charge in [-0.25, -0.2) is 8.42 Å². The number of hydrogen-bond donors (Lipinski definition) is 0. The molecule has 1 rings (SSSR count). The van der Waals surface area contributed by atoms with Crippen LogP contribution >= 0.6 is 15.9 Å². The molecule has 0 aromatic rings. The lowest BCUT2D eigenvalue weighted by molar-refractivity contribution is 0.00126. The van der Waals surface area contributed by atoms with E-state index in [9.17, 15) is 8.42 Å². The number of alkyl halides is 1. The van der Waals surface area contributed by atoms with Gasteiger partial charge in [0.15, 0.2) is 0 Å². The Morgan fingerprint density at radius 3 is 2.67 bits per heavy atom. The van der Waals surface area contributed by atoms with Crippen molar-refractivity contribution < 1.29 is 13.2 Å². The highest BCUT2D eigenvalue weighted by atomic mass is 79.9. The summed E-state index contributed by atoms with van der Waals surface area (Å²) in [6.07, 6.45) is 5.21. The summed E-state index contributed by atoms with van der Waals surface area (Å²) < 4.78 is 27.5. The average molecular weight is 299 g/mol. The molecule has 0 radical (unpaired) electrons. The van der Waals surface area contributed by atoms with Gasteiger partial charge in [-0.15, -0.1) is 0 Å². The zero-order valence-electron chi connectivity index (χ0n) is 9.17. The van der Waals surface area contributed by atoms with Crippen molar-refractivity contribution >= 4 is 25.8 Å². The van der Waals surface area contributed by atoms with Crippen molar-refractivity contribution in [3.63, 3.8) is 0 Å². The molecule has 0 spiro atoms. The third-order valence-corrected chi connectivity index (χ3v) is 5.13. The van der Waals surface area contributed by atoms with E-state index in [0.717, 1.165) is 44.2 Å². The van der Waals surface area contributed by atoms with Crippen molar-refractivity contribution in [2.75, 3.05) is 30.6 Å². The first-order valence-electron chi connectivity index (χ1n) is 5.29. The van der Waals surface area contributed by atoms with Crippen LogP contribution in [0, 0.1) is 5.41 Å². The minimum Gasteiger partial charge on any atom is -0.381 e. The molecule has 15 heavy (non-hydrogen) atoms. The maximum atomic E-state index is 11.0. The van der Waals surface area contributed by atoms with Gasteiger partial charge >= 0.3 is 0 Å². The molecule has 1 atom stereocenters.